The van der Waals surface area contributed by atoms with Gasteiger partial charge in [0.25, 0.3) is 0 Å². The number of rotatable bonds is 7. The molecule has 0 saturated carbocycles. The second kappa shape index (κ2) is 10.4. The van der Waals surface area contributed by atoms with Crippen molar-refractivity contribution in [3.63, 3.8) is 0 Å². The third-order valence-corrected chi connectivity index (χ3v) is 5.29. The summed E-state index contributed by atoms with van der Waals surface area (Å²) >= 11 is 0. The van der Waals surface area contributed by atoms with E-state index in [0.717, 1.165) is 36.1 Å². The van der Waals surface area contributed by atoms with Crippen molar-refractivity contribution in [2.45, 2.75) is 38.4 Å². The normalized spacial score (nSPS) is 19.6. The number of piperidine rings is 1. The molecule has 160 valence electrons. The summed E-state index contributed by atoms with van der Waals surface area (Å²) in [6, 6.07) is 15.1. The second-order valence-electron chi connectivity index (χ2n) is 6.94. The Labute approximate surface area is 178 Å². The van der Waals surface area contributed by atoms with E-state index in [1.165, 1.54) is 5.06 Å². The van der Waals surface area contributed by atoms with E-state index in [4.69, 9.17) is 9.02 Å². The van der Waals surface area contributed by atoms with E-state index in [-0.39, 0.29) is 31.0 Å². The Morgan fingerprint density at radius 3 is 2.59 bits per heavy atom. The zero-order valence-electron chi connectivity index (χ0n) is 16.4. The molecule has 9 heteroatoms. The van der Waals surface area contributed by atoms with Gasteiger partial charge in [0.15, 0.2) is 0 Å². The van der Waals surface area contributed by atoms with Crippen LogP contribution in [-0.4, -0.2) is 37.7 Å². The predicted octanol–water partition coefficient (Wildman–Crippen LogP) is 3.46. The van der Waals surface area contributed by atoms with Crippen molar-refractivity contribution in [1.82, 2.24) is 10.4 Å². The molecule has 3 rings (SSSR count). The average molecular weight is 443 g/mol. The molecule has 1 aliphatic heterocycles. The summed E-state index contributed by atoms with van der Waals surface area (Å²) < 4.78 is 43.0. The molecule has 2 atom stereocenters. The van der Waals surface area contributed by atoms with Crippen molar-refractivity contribution >= 4 is 22.8 Å². The van der Waals surface area contributed by atoms with Gasteiger partial charge in [0.2, 0.25) is 0 Å². The minimum Gasteiger partial charge on any atom is -0.496 e. The molecule has 0 unspecified atom stereocenters. The zero-order chi connectivity index (χ0) is 20.1. The third kappa shape index (κ3) is 6.40. The standard InChI is InChI=1S/C20H26N2O5S.ClH/c1-15-10-11-19(26-2)17(13-15)14-22(27-28(23,24)25)18-9-6-12-21-20(18)16-7-4-3-5-8-16;/h3-5,7-8,10-11,13,18,20-21H,6,9,12,14H2,1-2H3,(H,23,24,25);1H/t18-,20-;/m0./s1. The van der Waals surface area contributed by atoms with Gasteiger partial charge in [-0.1, -0.05) is 48.0 Å². The molecule has 2 aromatic carbocycles. The number of hydroxylamine groups is 2. The molecule has 0 spiro atoms. The average Bonchev–Trinajstić information content (AvgIpc) is 2.67. The highest BCUT2D eigenvalue weighted by atomic mass is 35.5. The summed E-state index contributed by atoms with van der Waals surface area (Å²) in [4.78, 5) is 0. The second-order valence-corrected chi connectivity index (χ2v) is 7.95. The minimum absolute atomic E-state index is 0. The number of nitrogens with zero attached hydrogens (tertiary/aromatic N) is 1. The van der Waals surface area contributed by atoms with Crippen LogP contribution in [0.15, 0.2) is 48.5 Å². The summed E-state index contributed by atoms with van der Waals surface area (Å²) in [7, 11) is -3.10. The molecule has 0 bridgehead atoms. The van der Waals surface area contributed by atoms with Gasteiger partial charge in [0, 0.05) is 5.56 Å². The highest BCUT2D eigenvalue weighted by molar-refractivity contribution is 7.80. The van der Waals surface area contributed by atoms with E-state index in [2.05, 4.69) is 5.32 Å². The number of methoxy groups -OCH3 is 1. The lowest BCUT2D eigenvalue weighted by Gasteiger charge is -2.39. The molecular weight excluding hydrogens is 416 g/mol. The number of hydrogen-bond donors (Lipinski definition) is 2. The van der Waals surface area contributed by atoms with E-state index in [1.807, 2.05) is 55.5 Å². The van der Waals surface area contributed by atoms with Crippen LogP contribution in [0.2, 0.25) is 0 Å². The van der Waals surface area contributed by atoms with E-state index in [9.17, 15) is 13.0 Å². The first-order valence-electron chi connectivity index (χ1n) is 9.23. The third-order valence-electron chi connectivity index (χ3n) is 4.91. The van der Waals surface area contributed by atoms with Crippen LogP contribution in [0.4, 0.5) is 0 Å². The Hall–Kier alpha value is -1.68. The van der Waals surface area contributed by atoms with Gasteiger partial charge in [0.1, 0.15) is 5.75 Å². The lowest BCUT2D eigenvalue weighted by atomic mass is 9.91. The first kappa shape index (κ1) is 23.6. The summed E-state index contributed by atoms with van der Waals surface area (Å²) in [5.74, 6) is 0.634. The lowest BCUT2D eigenvalue weighted by molar-refractivity contribution is -0.123. The van der Waals surface area contributed by atoms with Crippen molar-refractivity contribution in [3.8, 4) is 5.75 Å². The van der Waals surface area contributed by atoms with Crippen LogP contribution in [0.1, 0.15) is 35.6 Å². The molecule has 2 aromatic rings. The molecule has 0 amide bonds. The fourth-order valence-corrected chi connectivity index (χ4v) is 4.11. The van der Waals surface area contributed by atoms with Gasteiger partial charge in [-0.2, -0.15) is 17.8 Å². The molecular formula is C20H27ClN2O5S. The van der Waals surface area contributed by atoms with Crippen LogP contribution in [0, 0.1) is 6.92 Å². The number of hydrogen-bond acceptors (Lipinski definition) is 6. The Kier molecular flexibility index (Phi) is 8.45. The molecule has 0 radical (unpaired) electrons. The van der Waals surface area contributed by atoms with Crippen LogP contribution in [-0.2, 0) is 21.2 Å². The molecule has 29 heavy (non-hydrogen) atoms. The van der Waals surface area contributed by atoms with E-state index >= 15 is 0 Å². The maximum atomic E-state index is 11.6. The highest BCUT2D eigenvalue weighted by Crippen LogP contribution is 2.31. The Morgan fingerprint density at radius 1 is 1.21 bits per heavy atom. The van der Waals surface area contributed by atoms with Gasteiger partial charge >= 0.3 is 10.4 Å². The Bertz CT molecular complexity index is 895. The number of aryl methyl sites for hydroxylation is 1. The SMILES string of the molecule is COc1ccc(C)cc1CN(OS(=O)(=O)O)[C@H]1CCCN[C@H]1c1ccccc1.Cl. The van der Waals surface area contributed by atoms with Crippen LogP contribution in [0.5, 0.6) is 5.75 Å². The Morgan fingerprint density at radius 2 is 1.93 bits per heavy atom. The fourth-order valence-electron chi connectivity index (χ4n) is 3.70. The number of benzene rings is 2. The molecule has 1 aliphatic rings. The van der Waals surface area contributed by atoms with Gasteiger partial charge in [-0.05, 0) is 37.9 Å². The first-order valence-corrected chi connectivity index (χ1v) is 10.6. The van der Waals surface area contributed by atoms with Gasteiger partial charge in [-0.3, -0.25) is 4.55 Å². The van der Waals surface area contributed by atoms with Gasteiger partial charge in [-0.25, -0.2) is 0 Å². The molecule has 2 N–H and O–H groups in total. The highest BCUT2D eigenvalue weighted by Gasteiger charge is 2.34. The molecule has 1 saturated heterocycles. The van der Waals surface area contributed by atoms with Crippen LogP contribution < -0.4 is 10.1 Å². The molecule has 1 heterocycles. The summed E-state index contributed by atoms with van der Waals surface area (Å²) in [5, 5.41) is 4.79. The molecule has 0 aromatic heterocycles. The topological polar surface area (TPSA) is 88.1 Å². The van der Waals surface area contributed by atoms with Crippen LogP contribution >= 0.6 is 12.4 Å². The quantitative estimate of drug-likeness (QED) is 0.501. The van der Waals surface area contributed by atoms with E-state index < -0.39 is 10.4 Å². The van der Waals surface area contributed by atoms with Gasteiger partial charge < -0.3 is 10.1 Å². The monoisotopic (exact) mass is 442 g/mol. The fraction of sp³-hybridized carbons (Fsp3) is 0.400. The predicted molar refractivity (Wildman–Crippen MR) is 113 cm³/mol. The first-order chi connectivity index (χ1) is 13.4. The van der Waals surface area contributed by atoms with Crippen molar-refractivity contribution in [2.75, 3.05) is 13.7 Å². The summed E-state index contributed by atoms with van der Waals surface area (Å²) in [6.07, 6.45) is 1.58. The maximum absolute atomic E-state index is 11.6. The van der Waals surface area contributed by atoms with Crippen molar-refractivity contribution in [1.29, 1.82) is 0 Å². The number of nitrogens with one attached hydrogen (secondary N) is 1. The lowest BCUT2D eigenvalue weighted by Crippen LogP contribution is -2.48. The summed E-state index contributed by atoms with van der Waals surface area (Å²) in [5.41, 5.74) is 2.83. The smallest absolute Gasteiger partial charge is 0.413 e. The molecule has 7 nitrogen and oxygen atoms in total. The largest absolute Gasteiger partial charge is 0.496 e. The van der Waals surface area contributed by atoms with Gasteiger partial charge in [0.05, 0.1) is 25.7 Å². The van der Waals surface area contributed by atoms with Crippen molar-refractivity contribution in [2.24, 2.45) is 0 Å². The zero-order valence-corrected chi connectivity index (χ0v) is 18.1. The molecule has 0 aliphatic carbocycles. The number of halogens is 1. The Balaban J connectivity index is 0.00000300. The number of ether oxygens (including phenoxy) is 1. The maximum Gasteiger partial charge on any atom is 0.413 e. The van der Waals surface area contributed by atoms with Crippen LogP contribution in [0.3, 0.4) is 0 Å². The van der Waals surface area contributed by atoms with Crippen LogP contribution in [0.25, 0.3) is 0 Å². The van der Waals surface area contributed by atoms with E-state index in [1.54, 1.807) is 7.11 Å². The minimum atomic E-state index is -4.67. The summed E-state index contributed by atoms with van der Waals surface area (Å²) in [6.45, 7) is 2.93. The van der Waals surface area contributed by atoms with Gasteiger partial charge in [-0.15, -0.1) is 12.4 Å². The molecule has 1 fully saturated rings. The van der Waals surface area contributed by atoms with Crippen molar-refractivity contribution in [3.05, 3.63) is 65.2 Å². The van der Waals surface area contributed by atoms with Crippen molar-refractivity contribution < 1.29 is 22.0 Å². The van der Waals surface area contributed by atoms with E-state index in [0.29, 0.717) is 5.75 Å².